The standard InChI is InChI=1S/C10H19NO3S/c1-8(10(13)14-3)7-11(2)9(12)5-6-15-4/h8H,5-7H2,1-4H3. The fourth-order valence-corrected chi connectivity index (χ4v) is 1.55. The maximum atomic E-state index is 11.5. The first kappa shape index (κ1) is 14.3. The molecule has 0 rings (SSSR count). The Bertz CT molecular complexity index is 221. The number of carbonyl (C=O) groups is 2. The van der Waals surface area contributed by atoms with Crippen molar-refractivity contribution in [2.45, 2.75) is 13.3 Å². The summed E-state index contributed by atoms with van der Waals surface area (Å²) in [7, 11) is 3.07. The zero-order valence-corrected chi connectivity index (χ0v) is 10.6. The van der Waals surface area contributed by atoms with Crippen LogP contribution in [0, 0.1) is 5.92 Å². The molecule has 0 fully saturated rings. The Hall–Kier alpha value is -0.710. The summed E-state index contributed by atoms with van der Waals surface area (Å²) < 4.78 is 4.59. The number of carbonyl (C=O) groups excluding carboxylic acids is 2. The van der Waals surface area contributed by atoms with Gasteiger partial charge in [0.05, 0.1) is 13.0 Å². The Balaban J connectivity index is 3.95. The maximum Gasteiger partial charge on any atom is 0.310 e. The van der Waals surface area contributed by atoms with Gasteiger partial charge in [0.2, 0.25) is 5.91 Å². The van der Waals surface area contributed by atoms with Gasteiger partial charge in [-0.2, -0.15) is 11.8 Å². The van der Waals surface area contributed by atoms with Crippen molar-refractivity contribution in [1.82, 2.24) is 4.90 Å². The van der Waals surface area contributed by atoms with Crippen LogP contribution < -0.4 is 0 Å². The molecule has 0 bridgehead atoms. The highest BCUT2D eigenvalue weighted by atomic mass is 32.2. The monoisotopic (exact) mass is 233 g/mol. The van der Waals surface area contributed by atoms with E-state index >= 15 is 0 Å². The first-order chi connectivity index (χ1) is 7.02. The van der Waals surface area contributed by atoms with Crippen molar-refractivity contribution in [3.05, 3.63) is 0 Å². The van der Waals surface area contributed by atoms with Gasteiger partial charge in [0.1, 0.15) is 0 Å². The minimum absolute atomic E-state index is 0.0695. The van der Waals surface area contributed by atoms with Crippen molar-refractivity contribution >= 4 is 23.6 Å². The van der Waals surface area contributed by atoms with Crippen LogP contribution >= 0.6 is 11.8 Å². The highest BCUT2D eigenvalue weighted by Gasteiger charge is 2.18. The Morgan fingerprint density at radius 3 is 2.53 bits per heavy atom. The van der Waals surface area contributed by atoms with E-state index in [1.165, 1.54) is 7.11 Å². The second-order valence-corrected chi connectivity index (χ2v) is 4.43. The minimum atomic E-state index is -0.278. The SMILES string of the molecule is COC(=O)C(C)CN(C)C(=O)CCSC. The van der Waals surface area contributed by atoms with Gasteiger partial charge in [-0.05, 0) is 6.26 Å². The van der Waals surface area contributed by atoms with Crippen molar-refractivity contribution in [3.8, 4) is 0 Å². The molecular formula is C10H19NO3S. The Kier molecular flexibility index (Phi) is 7.21. The summed E-state index contributed by atoms with van der Waals surface area (Å²) in [5, 5.41) is 0. The number of thioether (sulfide) groups is 1. The maximum absolute atomic E-state index is 11.5. The summed E-state index contributed by atoms with van der Waals surface area (Å²) in [6.07, 6.45) is 2.48. The van der Waals surface area contributed by atoms with Crippen LogP contribution in [0.4, 0.5) is 0 Å². The summed E-state index contributed by atoms with van der Waals surface area (Å²) in [5.74, 6) is 0.341. The van der Waals surface area contributed by atoms with E-state index in [2.05, 4.69) is 4.74 Å². The quantitative estimate of drug-likeness (QED) is 0.642. The molecule has 1 atom stereocenters. The number of hydrogen-bond acceptors (Lipinski definition) is 4. The van der Waals surface area contributed by atoms with Crippen LogP contribution in [0.2, 0.25) is 0 Å². The largest absolute Gasteiger partial charge is 0.469 e. The van der Waals surface area contributed by atoms with E-state index in [-0.39, 0.29) is 17.8 Å². The third-order valence-electron chi connectivity index (χ3n) is 2.10. The van der Waals surface area contributed by atoms with Crippen LogP contribution in [0.1, 0.15) is 13.3 Å². The van der Waals surface area contributed by atoms with Crippen molar-refractivity contribution in [3.63, 3.8) is 0 Å². The zero-order valence-electron chi connectivity index (χ0n) is 9.78. The smallest absolute Gasteiger partial charge is 0.310 e. The molecule has 0 heterocycles. The number of rotatable bonds is 6. The van der Waals surface area contributed by atoms with Gasteiger partial charge in [-0.3, -0.25) is 9.59 Å². The third kappa shape index (κ3) is 5.67. The third-order valence-corrected chi connectivity index (χ3v) is 2.71. The zero-order chi connectivity index (χ0) is 11.8. The van der Waals surface area contributed by atoms with Crippen LogP contribution in [0.3, 0.4) is 0 Å². The summed E-state index contributed by atoms with van der Waals surface area (Å²) in [6.45, 7) is 2.17. The molecule has 0 aliphatic heterocycles. The summed E-state index contributed by atoms with van der Waals surface area (Å²) in [5.41, 5.74) is 0. The van der Waals surface area contributed by atoms with Crippen LogP contribution in [0.5, 0.6) is 0 Å². The molecule has 0 saturated carbocycles. The van der Waals surface area contributed by atoms with Crippen LogP contribution in [-0.2, 0) is 14.3 Å². The second kappa shape index (κ2) is 7.56. The van der Waals surface area contributed by atoms with E-state index < -0.39 is 0 Å². The second-order valence-electron chi connectivity index (χ2n) is 3.44. The molecule has 15 heavy (non-hydrogen) atoms. The molecule has 0 spiro atoms. The first-order valence-corrected chi connectivity index (χ1v) is 6.23. The number of nitrogens with zero attached hydrogens (tertiary/aromatic N) is 1. The van der Waals surface area contributed by atoms with Gasteiger partial charge >= 0.3 is 5.97 Å². The molecule has 5 heteroatoms. The Labute approximate surface area is 95.3 Å². The summed E-state index contributed by atoms with van der Waals surface area (Å²) in [6, 6.07) is 0. The van der Waals surface area contributed by atoms with Crippen molar-refractivity contribution in [2.75, 3.05) is 32.7 Å². The number of amides is 1. The lowest BCUT2D eigenvalue weighted by atomic mass is 10.1. The number of esters is 1. The normalized spacial score (nSPS) is 12.0. The minimum Gasteiger partial charge on any atom is -0.469 e. The average Bonchev–Trinajstić information content (AvgIpc) is 2.24. The van der Waals surface area contributed by atoms with Gasteiger partial charge < -0.3 is 9.64 Å². The molecule has 88 valence electrons. The summed E-state index contributed by atoms with van der Waals surface area (Å²) >= 11 is 1.64. The molecule has 1 unspecified atom stereocenters. The van der Waals surface area contributed by atoms with E-state index in [0.29, 0.717) is 13.0 Å². The van der Waals surface area contributed by atoms with Gasteiger partial charge in [-0.1, -0.05) is 6.92 Å². The van der Waals surface area contributed by atoms with Crippen LogP contribution in [-0.4, -0.2) is 49.5 Å². The number of hydrogen-bond donors (Lipinski definition) is 0. The van der Waals surface area contributed by atoms with Gasteiger partial charge in [0.15, 0.2) is 0 Å². The van der Waals surface area contributed by atoms with Gasteiger partial charge in [0.25, 0.3) is 0 Å². The first-order valence-electron chi connectivity index (χ1n) is 4.83. The van der Waals surface area contributed by atoms with E-state index in [1.54, 1.807) is 30.6 Å². The molecule has 1 amide bonds. The highest BCUT2D eigenvalue weighted by molar-refractivity contribution is 7.98. The number of methoxy groups -OCH3 is 1. The molecule has 0 aromatic rings. The average molecular weight is 233 g/mol. The molecule has 0 aromatic carbocycles. The van der Waals surface area contributed by atoms with Crippen molar-refractivity contribution in [2.24, 2.45) is 5.92 Å². The molecule has 0 aliphatic rings. The topological polar surface area (TPSA) is 46.6 Å². The molecule has 0 radical (unpaired) electrons. The molecule has 0 aromatic heterocycles. The van der Waals surface area contributed by atoms with Crippen molar-refractivity contribution < 1.29 is 14.3 Å². The van der Waals surface area contributed by atoms with Gasteiger partial charge in [-0.25, -0.2) is 0 Å². The van der Waals surface area contributed by atoms with Crippen LogP contribution in [0.25, 0.3) is 0 Å². The Morgan fingerprint density at radius 2 is 2.07 bits per heavy atom. The predicted octanol–water partition coefficient (Wildman–Crippen LogP) is 1.01. The fourth-order valence-electron chi connectivity index (χ4n) is 1.17. The molecule has 0 saturated heterocycles. The lowest BCUT2D eigenvalue weighted by Gasteiger charge is -2.20. The van der Waals surface area contributed by atoms with E-state index in [4.69, 9.17) is 0 Å². The van der Waals surface area contributed by atoms with Gasteiger partial charge in [0, 0.05) is 25.8 Å². The van der Waals surface area contributed by atoms with E-state index in [0.717, 1.165) is 5.75 Å². The summed E-state index contributed by atoms with van der Waals surface area (Å²) in [4.78, 5) is 24.2. The predicted molar refractivity (Wildman–Crippen MR) is 61.8 cm³/mol. The van der Waals surface area contributed by atoms with E-state index in [9.17, 15) is 9.59 Å². The van der Waals surface area contributed by atoms with Gasteiger partial charge in [-0.15, -0.1) is 0 Å². The highest BCUT2D eigenvalue weighted by Crippen LogP contribution is 2.04. The Morgan fingerprint density at radius 1 is 1.47 bits per heavy atom. The number of ether oxygens (including phenoxy) is 1. The van der Waals surface area contributed by atoms with Crippen molar-refractivity contribution in [1.29, 1.82) is 0 Å². The van der Waals surface area contributed by atoms with Crippen LogP contribution in [0.15, 0.2) is 0 Å². The molecular weight excluding hydrogens is 214 g/mol. The molecule has 0 aliphatic carbocycles. The fraction of sp³-hybridized carbons (Fsp3) is 0.800. The molecule has 0 N–H and O–H groups in total. The lowest BCUT2D eigenvalue weighted by molar-refractivity contribution is -0.146. The van der Waals surface area contributed by atoms with E-state index in [1.807, 2.05) is 6.26 Å². The lowest BCUT2D eigenvalue weighted by Crippen LogP contribution is -2.34. The molecule has 4 nitrogen and oxygen atoms in total.